The molecule has 1 heterocycles. The summed E-state index contributed by atoms with van der Waals surface area (Å²) in [5.74, 6) is -3.97. The van der Waals surface area contributed by atoms with Crippen LogP contribution in [-0.2, 0) is 14.4 Å². The number of carboxylic acid groups (broad SMARTS) is 1. The van der Waals surface area contributed by atoms with Crippen molar-refractivity contribution in [3.05, 3.63) is 117 Å². The molecule has 1 atom stereocenters. The SMILES string of the molecule is CC(C)c1cccc(N2C(=O)C(O)=C(C(=O)c3cccc(NC(=O)/C=C/C(=O)O)c3)C2c2ccc(Cl)c(Cl)c2)c1. The Labute approximate surface area is 240 Å². The van der Waals surface area contributed by atoms with Crippen LogP contribution in [0.25, 0.3) is 0 Å². The van der Waals surface area contributed by atoms with Gasteiger partial charge in [-0.2, -0.15) is 0 Å². The van der Waals surface area contributed by atoms with Crippen molar-refractivity contribution < 1.29 is 29.4 Å². The van der Waals surface area contributed by atoms with E-state index in [1.807, 2.05) is 26.0 Å². The predicted octanol–water partition coefficient (Wildman–Crippen LogP) is 6.48. The van der Waals surface area contributed by atoms with Crippen molar-refractivity contribution in [2.75, 3.05) is 10.2 Å². The van der Waals surface area contributed by atoms with Gasteiger partial charge in [-0.15, -0.1) is 0 Å². The molecule has 0 saturated carbocycles. The fourth-order valence-corrected chi connectivity index (χ4v) is 4.67. The highest BCUT2D eigenvalue weighted by atomic mass is 35.5. The first-order chi connectivity index (χ1) is 19.0. The lowest BCUT2D eigenvalue weighted by molar-refractivity contribution is -0.131. The third-order valence-electron chi connectivity index (χ3n) is 6.30. The van der Waals surface area contributed by atoms with Crippen molar-refractivity contribution in [2.45, 2.75) is 25.8 Å². The van der Waals surface area contributed by atoms with Gasteiger partial charge in [0.15, 0.2) is 11.5 Å². The third-order valence-corrected chi connectivity index (χ3v) is 7.04. The smallest absolute Gasteiger partial charge is 0.328 e. The zero-order valence-corrected chi connectivity index (χ0v) is 22.9. The number of hydrogen-bond donors (Lipinski definition) is 3. The molecule has 0 spiro atoms. The fourth-order valence-electron chi connectivity index (χ4n) is 4.36. The van der Waals surface area contributed by atoms with E-state index in [1.165, 1.54) is 29.2 Å². The van der Waals surface area contributed by atoms with E-state index in [0.29, 0.717) is 17.3 Å². The molecule has 3 N–H and O–H groups in total. The number of anilines is 2. The third kappa shape index (κ3) is 5.93. The van der Waals surface area contributed by atoms with Crippen LogP contribution < -0.4 is 10.2 Å². The number of carbonyl (C=O) groups is 4. The van der Waals surface area contributed by atoms with Crippen LogP contribution in [0.4, 0.5) is 11.4 Å². The van der Waals surface area contributed by atoms with E-state index in [1.54, 1.807) is 30.3 Å². The zero-order valence-electron chi connectivity index (χ0n) is 21.4. The first kappa shape index (κ1) is 28.6. The van der Waals surface area contributed by atoms with Crippen LogP contribution in [0.2, 0.25) is 10.0 Å². The van der Waals surface area contributed by atoms with Crippen LogP contribution in [0.15, 0.2) is 90.2 Å². The van der Waals surface area contributed by atoms with Gasteiger partial charge >= 0.3 is 5.97 Å². The summed E-state index contributed by atoms with van der Waals surface area (Å²) in [5.41, 5.74) is 2.01. The Morgan fingerprint density at radius 3 is 2.35 bits per heavy atom. The van der Waals surface area contributed by atoms with E-state index in [-0.39, 0.29) is 32.8 Å². The normalized spacial score (nSPS) is 15.3. The molecule has 2 amide bonds. The molecule has 0 aromatic heterocycles. The number of Topliss-reactive ketones (excluding diaryl/α,β-unsaturated/α-hetero) is 1. The summed E-state index contributed by atoms with van der Waals surface area (Å²) in [5, 5.41) is 22.8. The Balaban J connectivity index is 1.79. The number of halogens is 2. The number of rotatable bonds is 8. The zero-order chi connectivity index (χ0) is 29.1. The van der Waals surface area contributed by atoms with E-state index in [9.17, 15) is 24.3 Å². The Morgan fingerprint density at radius 1 is 0.950 bits per heavy atom. The molecule has 204 valence electrons. The Bertz CT molecular complexity index is 1590. The lowest BCUT2D eigenvalue weighted by Gasteiger charge is -2.28. The van der Waals surface area contributed by atoms with E-state index in [2.05, 4.69) is 5.32 Å². The fraction of sp³-hybridized carbons (Fsp3) is 0.133. The van der Waals surface area contributed by atoms with Gasteiger partial charge in [0.25, 0.3) is 5.91 Å². The van der Waals surface area contributed by atoms with Gasteiger partial charge < -0.3 is 15.5 Å². The highest BCUT2D eigenvalue weighted by Gasteiger charge is 2.45. The number of aliphatic carboxylic acids is 1. The number of aliphatic hydroxyl groups is 1. The second kappa shape index (κ2) is 11.8. The summed E-state index contributed by atoms with van der Waals surface area (Å²) >= 11 is 12.4. The molecule has 1 aliphatic rings. The molecule has 0 saturated heterocycles. The summed E-state index contributed by atoms with van der Waals surface area (Å²) < 4.78 is 0. The van der Waals surface area contributed by atoms with E-state index in [4.69, 9.17) is 28.3 Å². The van der Waals surface area contributed by atoms with Gasteiger partial charge in [0.2, 0.25) is 5.91 Å². The van der Waals surface area contributed by atoms with Crippen LogP contribution in [0.1, 0.15) is 47.3 Å². The number of nitrogens with zero attached hydrogens (tertiary/aromatic N) is 1. The topological polar surface area (TPSA) is 124 Å². The molecule has 0 fully saturated rings. The van der Waals surface area contributed by atoms with Crippen molar-refractivity contribution in [1.82, 2.24) is 0 Å². The lowest BCUT2D eigenvalue weighted by atomic mass is 9.92. The number of aliphatic hydroxyl groups excluding tert-OH is 1. The maximum absolute atomic E-state index is 13.9. The molecule has 0 radical (unpaired) electrons. The molecule has 10 heteroatoms. The minimum absolute atomic E-state index is 0.0807. The average Bonchev–Trinajstić information content (AvgIpc) is 3.19. The quantitative estimate of drug-likeness (QED) is 0.207. The average molecular weight is 579 g/mol. The van der Waals surface area contributed by atoms with Crippen molar-refractivity contribution in [3.8, 4) is 0 Å². The number of carbonyl (C=O) groups excluding carboxylic acids is 3. The minimum Gasteiger partial charge on any atom is -0.503 e. The largest absolute Gasteiger partial charge is 0.503 e. The summed E-state index contributed by atoms with van der Waals surface area (Å²) in [4.78, 5) is 51.5. The van der Waals surface area contributed by atoms with E-state index >= 15 is 0 Å². The number of hydrogen-bond acceptors (Lipinski definition) is 5. The van der Waals surface area contributed by atoms with Crippen molar-refractivity contribution in [3.63, 3.8) is 0 Å². The van der Waals surface area contributed by atoms with Gasteiger partial charge in [0.05, 0.1) is 21.7 Å². The molecule has 1 aliphatic heterocycles. The standard InChI is InChI=1S/C30H24Cl2N2O6/c1-16(2)17-5-4-8-21(14-17)34-27(18-9-10-22(31)23(32)15-18)26(29(39)30(34)40)28(38)19-6-3-7-20(13-19)33-24(35)11-12-25(36)37/h3-16,27,39H,1-2H3,(H,33,35)(H,36,37)/b12-11+. The van der Waals surface area contributed by atoms with Gasteiger partial charge in [-0.1, -0.05) is 67.4 Å². The van der Waals surface area contributed by atoms with Crippen LogP contribution >= 0.6 is 23.2 Å². The van der Waals surface area contributed by atoms with Gasteiger partial charge in [-0.3, -0.25) is 19.3 Å². The molecular weight excluding hydrogens is 555 g/mol. The second-order valence-electron chi connectivity index (χ2n) is 9.33. The van der Waals surface area contributed by atoms with Crippen LogP contribution in [-0.4, -0.2) is 33.8 Å². The highest BCUT2D eigenvalue weighted by molar-refractivity contribution is 6.42. The summed E-state index contributed by atoms with van der Waals surface area (Å²) in [7, 11) is 0. The monoisotopic (exact) mass is 578 g/mol. The maximum atomic E-state index is 13.9. The number of nitrogens with one attached hydrogen (secondary N) is 1. The molecule has 8 nitrogen and oxygen atoms in total. The Kier molecular flexibility index (Phi) is 8.42. The predicted molar refractivity (Wildman–Crippen MR) is 153 cm³/mol. The van der Waals surface area contributed by atoms with Crippen molar-refractivity contribution in [1.29, 1.82) is 0 Å². The van der Waals surface area contributed by atoms with E-state index < -0.39 is 35.4 Å². The van der Waals surface area contributed by atoms with Crippen molar-refractivity contribution in [2.24, 2.45) is 0 Å². The van der Waals surface area contributed by atoms with Gasteiger partial charge in [-0.25, -0.2) is 4.79 Å². The molecule has 0 aliphatic carbocycles. The summed E-state index contributed by atoms with van der Waals surface area (Å²) in [6.07, 6.45) is 1.52. The summed E-state index contributed by atoms with van der Waals surface area (Å²) in [6, 6.07) is 16.8. The second-order valence-corrected chi connectivity index (χ2v) is 10.1. The maximum Gasteiger partial charge on any atom is 0.328 e. The molecule has 0 bridgehead atoms. The lowest BCUT2D eigenvalue weighted by Crippen LogP contribution is -2.31. The number of amides is 2. The van der Waals surface area contributed by atoms with Gasteiger partial charge in [0, 0.05) is 29.1 Å². The number of carboxylic acids is 1. The van der Waals surface area contributed by atoms with Gasteiger partial charge in [0.1, 0.15) is 0 Å². The molecule has 3 aromatic carbocycles. The summed E-state index contributed by atoms with van der Waals surface area (Å²) in [6.45, 7) is 4.02. The number of benzene rings is 3. The van der Waals surface area contributed by atoms with Crippen LogP contribution in [0, 0.1) is 0 Å². The van der Waals surface area contributed by atoms with E-state index in [0.717, 1.165) is 11.6 Å². The molecule has 4 rings (SSSR count). The molecule has 40 heavy (non-hydrogen) atoms. The molecular formula is C30H24Cl2N2O6. The first-order valence-electron chi connectivity index (χ1n) is 12.2. The highest BCUT2D eigenvalue weighted by Crippen LogP contribution is 2.43. The number of ketones is 1. The van der Waals surface area contributed by atoms with Gasteiger partial charge in [-0.05, 0) is 53.4 Å². The minimum atomic E-state index is -1.29. The first-order valence-corrected chi connectivity index (χ1v) is 12.9. The van der Waals surface area contributed by atoms with Crippen LogP contribution in [0.5, 0.6) is 0 Å². The molecule has 1 unspecified atom stereocenters. The Hall–Kier alpha value is -4.40. The van der Waals surface area contributed by atoms with Crippen LogP contribution in [0.3, 0.4) is 0 Å². The van der Waals surface area contributed by atoms with Crippen molar-refractivity contribution >= 4 is 58.1 Å². The Morgan fingerprint density at radius 2 is 1.68 bits per heavy atom. The molecule has 3 aromatic rings.